The summed E-state index contributed by atoms with van der Waals surface area (Å²) in [6.07, 6.45) is 6.13. The van der Waals surface area contributed by atoms with Gasteiger partial charge in [0.05, 0.1) is 18.8 Å². The second kappa shape index (κ2) is 6.54. The van der Waals surface area contributed by atoms with Gasteiger partial charge in [-0.1, -0.05) is 6.07 Å². The summed E-state index contributed by atoms with van der Waals surface area (Å²) in [4.78, 5) is 20.6. The maximum atomic E-state index is 12.1. The van der Waals surface area contributed by atoms with Gasteiger partial charge in [-0.15, -0.1) is 0 Å². The first-order chi connectivity index (χ1) is 12.5. The van der Waals surface area contributed by atoms with E-state index in [9.17, 15) is 15.0 Å². The van der Waals surface area contributed by atoms with Gasteiger partial charge in [-0.05, 0) is 37.3 Å². The van der Waals surface area contributed by atoms with E-state index >= 15 is 0 Å². The van der Waals surface area contributed by atoms with E-state index in [2.05, 4.69) is 22.2 Å². The average Bonchev–Trinajstić information content (AvgIpc) is 3.24. The number of aliphatic hydroxyl groups is 2. The highest BCUT2D eigenvalue weighted by atomic mass is 16.5. The van der Waals surface area contributed by atoms with E-state index in [0.717, 1.165) is 11.3 Å². The lowest BCUT2D eigenvalue weighted by Crippen LogP contribution is -2.14. The summed E-state index contributed by atoms with van der Waals surface area (Å²) in [5.41, 5.74) is 2.86. The fourth-order valence-corrected chi connectivity index (χ4v) is 3.01. The van der Waals surface area contributed by atoms with Crippen LogP contribution in [0.3, 0.4) is 0 Å². The molecule has 0 spiro atoms. The number of carbonyl (C=O) groups is 1. The summed E-state index contributed by atoms with van der Waals surface area (Å²) in [6, 6.07) is 4.09. The number of hydrogen-bond acceptors (Lipinski definition) is 6. The Kier molecular flexibility index (Phi) is 4.21. The standard InChI is InChI=1S/C18H20N4O4/c1-2-26-18(25)16-20-14(17(23)24)10-22(16)9-13-8-21-7-12(11-3-4-11)5-6-15(21)19-13/h5-8,10-11,17,23-24H,2-4,9H2,1H3. The van der Waals surface area contributed by atoms with Crippen molar-refractivity contribution in [2.75, 3.05) is 6.61 Å². The van der Waals surface area contributed by atoms with E-state index in [1.165, 1.54) is 29.2 Å². The fraction of sp³-hybridized carbons (Fsp3) is 0.389. The molecule has 0 amide bonds. The zero-order chi connectivity index (χ0) is 18.3. The second-order valence-corrected chi connectivity index (χ2v) is 6.45. The zero-order valence-electron chi connectivity index (χ0n) is 14.4. The Morgan fingerprint density at radius 1 is 1.27 bits per heavy atom. The third-order valence-electron chi connectivity index (χ3n) is 4.42. The molecule has 0 atom stereocenters. The summed E-state index contributed by atoms with van der Waals surface area (Å²) in [6.45, 7) is 2.18. The van der Waals surface area contributed by atoms with Crippen LogP contribution >= 0.6 is 0 Å². The molecule has 3 heterocycles. The normalized spacial score (nSPS) is 14.3. The van der Waals surface area contributed by atoms with Crippen LogP contribution in [-0.4, -0.2) is 41.7 Å². The molecule has 0 bridgehead atoms. The smallest absolute Gasteiger partial charge is 0.374 e. The molecule has 0 radical (unpaired) electrons. The maximum absolute atomic E-state index is 12.1. The number of imidazole rings is 2. The monoisotopic (exact) mass is 356 g/mol. The van der Waals surface area contributed by atoms with Crippen molar-refractivity contribution in [2.24, 2.45) is 0 Å². The number of aliphatic hydroxyl groups excluding tert-OH is 1. The predicted octanol–water partition coefficient (Wildman–Crippen LogP) is 1.62. The Labute approximate surface area is 149 Å². The molecule has 1 aliphatic rings. The fourth-order valence-electron chi connectivity index (χ4n) is 3.01. The number of nitrogens with zero attached hydrogens (tertiary/aromatic N) is 4. The number of carbonyl (C=O) groups excluding carboxylic acids is 1. The van der Waals surface area contributed by atoms with Crippen molar-refractivity contribution in [3.05, 3.63) is 53.5 Å². The lowest BCUT2D eigenvalue weighted by atomic mass is 10.2. The predicted molar refractivity (Wildman–Crippen MR) is 91.6 cm³/mol. The van der Waals surface area contributed by atoms with Crippen molar-refractivity contribution in [1.82, 2.24) is 18.9 Å². The van der Waals surface area contributed by atoms with Crippen LogP contribution < -0.4 is 0 Å². The van der Waals surface area contributed by atoms with Gasteiger partial charge in [0.25, 0.3) is 0 Å². The molecule has 3 aromatic heterocycles. The Morgan fingerprint density at radius 3 is 2.77 bits per heavy atom. The van der Waals surface area contributed by atoms with E-state index < -0.39 is 12.3 Å². The molecule has 0 aromatic carbocycles. The highest BCUT2D eigenvalue weighted by Gasteiger charge is 2.24. The van der Waals surface area contributed by atoms with Gasteiger partial charge in [-0.3, -0.25) is 0 Å². The molecule has 3 aromatic rings. The zero-order valence-corrected chi connectivity index (χ0v) is 14.4. The van der Waals surface area contributed by atoms with Crippen molar-refractivity contribution in [3.8, 4) is 0 Å². The first-order valence-electron chi connectivity index (χ1n) is 8.63. The lowest BCUT2D eigenvalue weighted by Gasteiger charge is -2.04. The summed E-state index contributed by atoms with van der Waals surface area (Å²) in [7, 11) is 0. The number of esters is 1. The Balaban J connectivity index is 1.65. The Bertz CT molecular complexity index is 955. The van der Waals surface area contributed by atoms with Crippen LogP contribution in [0, 0.1) is 0 Å². The SMILES string of the molecule is CCOC(=O)c1nc(C(O)O)cn1Cc1cn2cc(C3CC3)ccc2n1. The molecule has 0 unspecified atom stereocenters. The minimum atomic E-state index is -1.76. The summed E-state index contributed by atoms with van der Waals surface area (Å²) in [5.74, 6) is 0.0628. The molecule has 0 saturated heterocycles. The molecule has 136 valence electrons. The lowest BCUT2D eigenvalue weighted by molar-refractivity contribution is -0.0456. The van der Waals surface area contributed by atoms with Gasteiger partial charge in [-0.2, -0.15) is 0 Å². The summed E-state index contributed by atoms with van der Waals surface area (Å²) >= 11 is 0. The third-order valence-corrected chi connectivity index (χ3v) is 4.42. The van der Waals surface area contributed by atoms with Gasteiger partial charge in [0, 0.05) is 18.6 Å². The van der Waals surface area contributed by atoms with E-state index in [1.54, 1.807) is 6.92 Å². The highest BCUT2D eigenvalue weighted by molar-refractivity contribution is 5.85. The van der Waals surface area contributed by atoms with Gasteiger partial charge in [0.15, 0.2) is 6.29 Å². The van der Waals surface area contributed by atoms with Crippen LogP contribution in [-0.2, 0) is 11.3 Å². The molecule has 8 heteroatoms. The minimum Gasteiger partial charge on any atom is -0.460 e. The third kappa shape index (κ3) is 3.21. The second-order valence-electron chi connectivity index (χ2n) is 6.45. The van der Waals surface area contributed by atoms with Gasteiger partial charge in [0.1, 0.15) is 11.3 Å². The largest absolute Gasteiger partial charge is 0.460 e. The van der Waals surface area contributed by atoms with Gasteiger partial charge < -0.3 is 23.9 Å². The van der Waals surface area contributed by atoms with Crippen molar-refractivity contribution in [3.63, 3.8) is 0 Å². The summed E-state index contributed by atoms with van der Waals surface area (Å²) in [5, 5.41) is 18.7. The van der Waals surface area contributed by atoms with E-state index in [4.69, 9.17) is 4.74 Å². The first kappa shape index (κ1) is 16.7. The molecule has 1 fully saturated rings. The van der Waals surface area contributed by atoms with E-state index in [0.29, 0.717) is 5.92 Å². The van der Waals surface area contributed by atoms with Crippen molar-refractivity contribution in [1.29, 1.82) is 0 Å². The highest BCUT2D eigenvalue weighted by Crippen LogP contribution is 2.39. The molecule has 1 saturated carbocycles. The van der Waals surface area contributed by atoms with E-state index in [-0.39, 0.29) is 24.7 Å². The summed E-state index contributed by atoms with van der Waals surface area (Å²) < 4.78 is 8.50. The maximum Gasteiger partial charge on any atom is 0.374 e. The molecule has 1 aliphatic carbocycles. The number of fused-ring (bicyclic) bond motifs is 1. The van der Waals surface area contributed by atoms with Gasteiger partial charge in [0.2, 0.25) is 5.82 Å². The molecular weight excluding hydrogens is 336 g/mol. The van der Waals surface area contributed by atoms with E-state index in [1.807, 2.05) is 16.7 Å². The van der Waals surface area contributed by atoms with Crippen LogP contribution in [0.4, 0.5) is 0 Å². The number of aromatic nitrogens is 4. The Morgan fingerprint density at radius 2 is 2.08 bits per heavy atom. The number of pyridine rings is 1. The molecule has 8 nitrogen and oxygen atoms in total. The molecular formula is C18H20N4O4. The van der Waals surface area contributed by atoms with Crippen LogP contribution in [0.15, 0.2) is 30.7 Å². The Hall–Kier alpha value is -2.71. The van der Waals surface area contributed by atoms with Crippen molar-refractivity contribution >= 4 is 11.6 Å². The van der Waals surface area contributed by atoms with Gasteiger partial charge in [-0.25, -0.2) is 14.8 Å². The number of hydrogen-bond donors (Lipinski definition) is 2. The number of rotatable bonds is 6. The molecule has 2 N–H and O–H groups in total. The molecule has 4 rings (SSSR count). The van der Waals surface area contributed by atoms with Crippen LogP contribution in [0.25, 0.3) is 5.65 Å². The van der Waals surface area contributed by atoms with Crippen molar-refractivity contribution < 1.29 is 19.7 Å². The molecule has 26 heavy (non-hydrogen) atoms. The van der Waals surface area contributed by atoms with Crippen LogP contribution in [0.5, 0.6) is 0 Å². The van der Waals surface area contributed by atoms with Crippen molar-refractivity contribution in [2.45, 2.75) is 38.5 Å². The topological polar surface area (TPSA) is 102 Å². The quantitative estimate of drug-likeness (QED) is 0.514. The molecule has 0 aliphatic heterocycles. The first-order valence-corrected chi connectivity index (χ1v) is 8.63. The minimum absolute atomic E-state index is 0.00663. The van der Waals surface area contributed by atoms with Gasteiger partial charge >= 0.3 is 5.97 Å². The van der Waals surface area contributed by atoms with Crippen LogP contribution in [0.1, 0.15) is 59.5 Å². The number of ether oxygens (including phenoxy) is 1. The van der Waals surface area contributed by atoms with Crippen LogP contribution in [0.2, 0.25) is 0 Å². The average molecular weight is 356 g/mol.